The average molecular weight is 462 g/mol. The number of para-hydroxylation sites is 1. The molecule has 1 aromatic heterocycles. The van der Waals surface area contributed by atoms with Gasteiger partial charge in [0.25, 0.3) is 0 Å². The first-order valence-electron chi connectivity index (χ1n) is 10.2. The first-order chi connectivity index (χ1) is 15.8. The van der Waals surface area contributed by atoms with Crippen molar-refractivity contribution in [2.75, 3.05) is 23.9 Å². The van der Waals surface area contributed by atoms with Gasteiger partial charge < -0.3 is 15.1 Å². The Balaban J connectivity index is 0.000000231. The SMILES string of the molecule is C=S(C)(=O)c1ccc(CNc2ccccc2C(=N)C=O)cc1.CNc1ccc2occc2c1. The Morgan fingerprint density at radius 3 is 2.48 bits per heavy atom. The summed E-state index contributed by atoms with van der Waals surface area (Å²) in [5, 5.41) is 15.1. The molecule has 0 aliphatic rings. The minimum Gasteiger partial charge on any atom is -0.464 e. The number of fused-ring (bicyclic) bond motifs is 1. The van der Waals surface area contributed by atoms with Gasteiger partial charge in [-0.2, -0.15) is 0 Å². The lowest BCUT2D eigenvalue weighted by atomic mass is 10.1. The van der Waals surface area contributed by atoms with Crippen molar-refractivity contribution in [2.24, 2.45) is 0 Å². The Bertz CT molecular complexity index is 1360. The van der Waals surface area contributed by atoms with E-state index in [1.165, 1.54) is 0 Å². The Morgan fingerprint density at radius 2 is 1.82 bits per heavy atom. The van der Waals surface area contributed by atoms with Gasteiger partial charge in [-0.05, 0) is 63.4 Å². The highest BCUT2D eigenvalue weighted by atomic mass is 32.2. The van der Waals surface area contributed by atoms with Gasteiger partial charge in [0.1, 0.15) is 11.3 Å². The van der Waals surface area contributed by atoms with E-state index in [2.05, 4.69) is 22.6 Å². The summed E-state index contributed by atoms with van der Waals surface area (Å²) < 4.78 is 17.0. The van der Waals surface area contributed by atoms with E-state index in [0.29, 0.717) is 18.4 Å². The van der Waals surface area contributed by atoms with E-state index in [-0.39, 0.29) is 5.71 Å². The molecule has 4 aromatic rings. The van der Waals surface area contributed by atoms with Crippen LogP contribution in [0.3, 0.4) is 0 Å². The van der Waals surface area contributed by atoms with Crippen molar-refractivity contribution >= 4 is 49.7 Å². The summed E-state index contributed by atoms with van der Waals surface area (Å²) in [6.45, 7) is 0.547. The van der Waals surface area contributed by atoms with Crippen molar-refractivity contribution in [3.05, 3.63) is 90.2 Å². The number of benzene rings is 3. The van der Waals surface area contributed by atoms with Crippen molar-refractivity contribution in [1.29, 1.82) is 5.41 Å². The van der Waals surface area contributed by atoms with Crippen LogP contribution in [0.2, 0.25) is 0 Å². The molecular formula is C26H27N3O3S. The van der Waals surface area contributed by atoms with Crippen LogP contribution in [0.15, 0.2) is 88.4 Å². The van der Waals surface area contributed by atoms with E-state index < -0.39 is 9.52 Å². The highest BCUT2D eigenvalue weighted by Gasteiger charge is 2.06. The number of aldehydes is 1. The van der Waals surface area contributed by atoms with Crippen molar-refractivity contribution in [2.45, 2.75) is 11.4 Å². The fourth-order valence-electron chi connectivity index (χ4n) is 3.15. The van der Waals surface area contributed by atoms with E-state index >= 15 is 0 Å². The van der Waals surface area contributed by atoms with Crippen molar-refractivity contribution < 1.29 is 13.4 Å². The number of carbonyl (C=O) groups excluding carboxylic acids is 1. The Hall–Kier alpha value is -3.84. The molecule has 0 aliphatic carbocycles. The Kier molecular flexibility index (Phi) is 7.69. The van der Waals surface area contributed by atoms with Crippen molar-refractivity contribution in [3.8, 4) is 0 Å². The number of furan rings is 1. The predicted molar refractivity (Wildman–Crippen MR) is 138 cm³/mol. The molecule has 1 atom stereocenters. The third-order valence-corrected chi connectivity index (χ3v) is 6.25. The molecule has 0 fully saturated rings. The molecule has 1 unspecified atom stereocenters. The summed E-state index contributed by atoms with van der Waals surface area (Å²) in [6, 6.07) is 22.6. The van der Waals surface area contributed by atoms with E-state index in [1.807, 2.05) is 61.6 Å². The second kappa shape index (κ2) is 10.7. The Labute approximate surface area is 194 Å². The number of anilines is 2. The quantitative estimate of drug-likeness (QED) is 0.203. The van der Waals surface area contributed by atoms with Gasteiger partial charge >= 0.3 is 0 Å². The largest absolute Gasteiger partial charge is 0.464 e. The lowest BCUT2D eigenvalue weighted by Gasteiger charge is -2.11. The van der Waals surface area contributed by atoms with Crippen molar-refractivity contribution in [1.82, 2.24) is 0 Å². The Morgan fingerprint density at radius 1 is 1.09 bits per heavy atom. The third kappa shape index (κ3) is 6.33. The van der Waals surface area contributed by atoms with E-state index in [0.717, 1.165) is 32.8 Å². The van der Waals surface area contributed by atoms with Gasteiger partial charge in [0.15, 0.2) is 6.29 Å². The molecular weight excluding hydrogens is 434 g/mol. The van der Waals surface area contributed by atoms with Crippen LogP contribution in [-0.4, -0.2) is 35.4 Å². The summed E-state index contributed by atoms with van der Waals surface area (Å²) >= 11 is 0. The molecule has 0 bridgehead atoms. The molecule has 0 radical (unpaired) electrons. The normalized spacial score (nSPS) is 12.2. The summed E-state index contributed by atoms with van der Waals surface area (Å²) in [6.07, 6.45) is 3.84. The number of hydrogen-bond donors (Lipinski definition) is 3. The summed E-state index contributed by atoms with van der Waals surface area (Å²) in [4.78, 5) is 11.5. The molecule has 0 amide bonds. The maximum Gasteiger partial charge on any atom is 0.168 e. The molecule has 0 saturated heterocycles. The van der Waals surface area contributed by atoms with Gasteiger partial charge in [-0.25, -0.2) is 0 Å². The van der Waals surface area contributed by atoms with Gasteiger partial charge in [-0.3, -0.25) is 14.4 Å². The molecule has 0 aliphatic heterocycles. The van der Waals surface area contributed by atoms with Crippen LogP contribution in [0, 0.1) is 5.41 Å². The smallest absolute Gasteiger partial charge is 0.168 e. The molecule has 3 N–H and O–H groups in total. The zero-order valence-corrected chi connectivity index (χ0v) is 19.4. The minimum atomic E-state index is -2.20. The summed E-state index contributed by atoms with van der Waals surface area (Å²) in [7, 11) is -0.291. The molecule has 170 valence electrons. The maximum atomic E-state index is 11.8. The molecule has 33 heavy (non-hydrogen) atoms. The zero-order valence-electron chi connectivity index (χ0n) is 18.6. The minimum absolute atomic E-state index is 0.0544. The van der Waals surface area contributed by atoms with Crippen LogP contribution in [0.5, 0.6) is 0 Å². The lowest BCUT2D eigenvalue weighted by molar-refractivity contribution is -0.102. The molecule has 0 spiro atoms. The van der Waals surface area contributed by atoms with Crippen LogP contribution in [0.25, 0.3) is 11.0 Å². The number of hydrogen-bond acceptors (Lipinski definition) is 6. The second-order valence-corrected chi connectivity index (χ2v) is 9.98. The van der Waals surface area contributed by atoms with Gasteiger partial charge in [-0.15, -0.1) is 0 Å². The predicted octanol–water partition coefficient (Wildman–Crippen LogP) is 5.05. The van der Waals surface area contributed by atoms with Gasteiger partial charge in [0.2, 0.25) is 0 Å². The maximum absolute atomic E-state index is 11.8. The van der Waals surface area contributed by atoms with E-state index in [4.69, 9.17) is 9.83 Å². The molecule has 6 nitrogen and oxygen atoms in total. The van der Waals surface area contributed by atoms with Gasteiger partial charge in [0, 0.05) is 47.1 Å². The fraction of sp³-hybridized carbons (Fsp3) is 0.115. The second-order valence-electron chi connectivity index (χ2n) is 7.50. The van der Waals surface area contributed by atoms with Crippen LogP contribution < -0.4 is 10.6 Å². The molecule has 4 rings (SSSR count). The van der Waals surface area contributed by atoms with E-state index in [1.54, 1.807) is 24.7 Å². The number of rotatable bonds is 7. The van der Waals surface area contributed by atoms with Gasteiger partial charge in [0.05, 0.1) is 6.26 Å². The summed E-state index contributed by atoms with van der Waals surface area (Å²) in [5.74, 6) is 3.66. The summed E-state index contributed by atoms with van der Waals surface area (Å²) in [5.41, 5.74) is 4.31. The van der Waals surface area contributed by atoms with Crippen molar-refractivity contribution in [3.63, 3.8) is 0 Å². The van der Waals surface area contributed by atoms with Crippen LogP contribution in [-0.2, 0) is 20.9 Å². The number of nitrogens with one attached hydrogen (secondary N) is 3. The third-order valence-electron chi connectivity index (χ3n) is 4.98. The zero-order chi connectivity index (χ0) is 23.8. The number of carbonyl (C=O) groups is 1. The first kappa shape index (κ1) is 23.8. The van der Waals surface area contributed by atoms with Crippen LogP contribution in [0.1, 0.15) is 11.1 Å². The monoisotopic (exact) mass is 461 g/mol. The average Bonchev–Trinajstić information content (AvgIpc) is 3.30. The van der Waals surface area contributed by atoms with Gasteiger partial charge in [-0.1, -0.05) is 30.3 Å². The highest BCUT2D eigenvalue weighted by molar-refractivity contribution is 7.99. The highest BCUT2D eigenvalue weighted by Crippen LogP contribution is 2.19. The molecule has 3 aromatic carbocycles. The molecule has 7 heteroatoms. The topological polar surface area (TPSA) is 95.2 Å². The van der Waals surface area contributed by atoms with Crippen LogP contribution >= 0.6 is 0 Å². The standard InChI is InChI=1S/C17H18N2O2S.C9H9NO/c1-22(2,21)14-9-7-13(8-10-14)11-19-17-6-4-3-5-15(17)16(18)12-20;1-10-8-2-3-9-7(6-8)4-5-11-9/h3-10,12,18-19H,1,11H2,2H3;2-6,10H,1H3. The molecule has 0 saturated carbocycles. The van der Waals surface area contributed by atoms with Crippen LogP contribution in [0.4, 0.5) is 11.4 Å². The fourth-order valence-corrected chi connectivity index (χ4v) is 3.86. The molecule has 1 heterocycles. The van der Waals surface area contributed by atoms with E-state index in [9.17, 15) is 9.00 Å². The lowest BCUT2D eigenvalue weighted by Crippen LogP contribution is -2.07. The first-order valence-corrected chi connectivity index (χ1v) is 12.4.